The number of benzene rings is 2. The molecule has 0 atom stereocenters. The van der Waals surface area contributed by atoms with Gasteiger partial charge in [0.2, 0.25) is 0 Å². The van der Waals surface area contributed by atoms with Crippen LogP contribution in [0.2, 0.25) is 0 Å². The minimum atomic E-state index is -0.981. The van der Waals surface area contributed by atoms with E-state index in [-0.39, 0.29) is 0 Å². The maximum absolute atomic E-state index is 9.25. The number of aryl methyl sites for hydroxylation is 2. The summed E-state index contributed by atoms with van der Waals surface area (Å²) in [5.41, 5.74) is 5.21. The van der Waals surface area contributed by atoms with Gasteiger partial charge in [0.05, 0.1) is 13.2 Å². The SMILES string of the molecule is C=CC(=O)O.CCCCCCCCCc1ccc(Oc2ccc(CCCCCCCCC)c3c2CCO3)c2c1OCC2. The van der Waals surface area contributed by atoms with Crippen LogP contribution < -0.4 is 14.2 Å². The first-order valence-corrected chi connectivity index (χ1v) is 16.7. The van der Waals surface area contributed by atoms with E-state index in [4.69, 9.17) is 19.3 Å². The van der Waals surface area contributed by atoms with E-state index in [0.717, 1.165) is 68.0 Å². The Bertz CT molecular complexity index is 1030. The van der Waals surface area contributed by atoms with Gasteiger partial charge in [0, 0.05) is 30.0 Å². The average Bonchev–Trinajstić information content (AvgIpc) is 3.70. The summed E-state index contributed by atoms with van der Waals surface area (Å²) in [5.74, 6) is 3.12. The maximum atomic E-state index is 9.25. The van der Waals surface area contributed by atoms with Crippen molar-refractivity contribution >= 4 is 5.97 Å². The third kappa shape index (κ3) is 10.7. The van der Waals surface area contributed by atoms with Crippen LogP contribution in [0.15, 0.2) is 36.9 Å². The number of unbranched alkanes of at least 4 members (excludes halogenated alkanes) is 12. The van der Waals surface area contributed by atoms with E-state index in [0.29, 0.717) is 0 Å². The fourth-order valence-electron chi connectivity index (χ4n) is 5.91. The van der Waals surface area contributed by atoms with Gasteiger partial charge in [-0.3, -0.25) is 0 Å². The largest absolute Gasteiger partial charge is 0.493 e. The average molecular weight is 579 g/mol. The summed E-state index contributed by atoms with van der Waals surface area (Å²) in [7, 11) is 0. The summed E-state index contributed by atoms with van der Waals surface area (Å²) in [6.07, 6.45) is 23.6. The fourth-order valence-corrected chi connectivity index (χ4v) is 5.91. The Balaban J connectivity index is 0.000000892. The molecule has 0 bridgehead atoms. The summed E-state index contributed by atoms with van der Waals surface area (Å²) in [6, 6.07) is 8.84. The van der Waals surface area contributed by atoms with E-state index in [1.807, 2.05) is 0 Å². The van der Waals surface area contributed by atoms with Gasteiger partial charge in [0.25, 0.3) is 0 Å². The molecule has 2 aromatic rings. The lowest BCUT2D eigenvalue weighted by atomic mass is 10.00. The van der Waals surface area contributed by atoms with Crippen LogP contribution in [-0.2, 0) is 30.5 Å². The number of hydrogen-bond donors (Lipinski definition) is 1. The van der Waals surface area contributed by atoms with Crippen LogP contribution in [0.4, 0.5) is 0 Å². The summed E-state index contributed by atoms with van der Waals surface area (Å²) in [6.45, 7) is 9.04. The number of rotatable bonds is 19. The van der Waals surface area contributed by atoms with E-state index in [1.54, 1.807) is 0 Å². The Morgan fingerprint density at radius 1 is 0.714 bits per heavy atom. The monoisotopic (exact) mass is 578 g/mol. The van der Waals surface area contributed by atoms with Crippen LogP contribution >= 0.6 is 0 Å². The molecule has 2 aliphatic heterocycles. The molecule has 0 saturated carbocycles. The molecule has 0 unspecified atom stereocenters. The highest BCUT2D eigenvalue weighted by atomic mass is 16.5. The van der Waals surface area contributed by atoms with Gasteiger partial charge in [0.15, 0.2) is 0 Å². The van der Waals surface area contributed by atoms with Crippen molar-refractivity contribution in [2.75, 3.05) is 13.2 Å². The van der Waals surface area contributed by atoms with Crippen LogP contribution in [0, 0.1) is 0 Å². The number of aliphatic carboxylic acids is 1. The van der Waals surface area contributed by atoms with Gasteiger partial charge < -0.3 is 19.3 Å². The van der Waals surface area contributed by atoms with E-state index in [1.165, 1.54) is 112 Å². The molecule has 0 radical (unpaired) electrons. The smallest absolute Gasteiger partial charge is 0.327 e. The molecule has 5 heteroatoms. The van der Waals surface area contributed by atoms with E-state index < -0.39 is 5.97 Å². The van der Waals surface area contributed by atoms with Crippen molar-refractivity contribution in [2.45, 2.75) is 129 Å². The van der Waals surface area contributed by atoms with Crippen molar-refractivity contribution in [1.82, 2.24) is 0 Å². The van der Waals surface area contributed by atoms with Crippen LogP contribution in [0.1, 0.15) is 126 Å². The molecule has 0 saturated heterocycles. The molecule has 0 fully saturated rings. The topological polar surface area (TPSA) is 65.0 Å². The normalized spacial score (nSPS) is 12.9. The summed E-state index contributed by atoms with van der Waals surface area (Å²) in [5, 5.41) is 7.60. The minimum Gasteiger partial charge on any atom is -0.493 e. The molecule has 0 spiro atoms. The first-order valence-electron chi connectivity index (χ1n) is 16.7. The molecule has 0 aromatic heterocycles. The first kappa shape index (κ1) is 33.6. The molecule has 2 aliphatic rings. The van der Waals surface area contributed by atoms with Crippen LogP contribution in [0.3, 0.4) is 0 Å². The third-order valence-corrected chi connectivity index (χ3v) is 8.29. The number of carboxylic acids is 1. The van der Waals surface area contributed by atoms with Crippen molar-refractivity contribution in [2.24, 2.45) is 0 Å². The first-order chi connectivity index (χ1) is 20.6. The molecule has 42 heavy (non-hydrogen) atoms. The fraction of sp³-hybridized carbons (Fsp3) is 0.595. The molecule has 5 nitrogen and oxygen atoms in total. The molecule has 0 amide bonds. The number of carboxylic acid groups (broad SMARTS) is 1. The Morgan fingerprint density at radius 2 is 1.10 bits per heavy atom. The lowest BCUT2D eigenvalue weighted by Gasteiger charge is -2.16. The number of carbonyl (C=O) groups is 1. The standard InChI is InChI=1S/C34H50O3.C3H4O2/c1-3-5-7-9-11-13-15-17-27-19-21-31(29-23-25-35-33(27)29)37-32-22-20-28(34-30(32)24-26-36-34)18-16-14-12-10-8-6-4-2;1-2-3(4)5/h19-22H,3-18,23-26H2,1-2H3;2H,1H2,(H,4,5). The molecule has 1 N–H and O–H groups in total. The highest BCUT2D eigenvalue weighted by Gasteiger charge is 2.25. The molecule has 2 heterocycles. The van der Waals surface area contributed by atoms with Crippen molar-refractivity contribution in [3.8, 4) is 23.0 Å². The summed E-state index contributed by atoms with van der Waals surface area (Å²) < 4.78 is 18.8. The summed E-state index contributed by atoms with van der Waals surface area (Å²) >= 11 is 0. The van der Waals surface area contributed by atoms with Gasteiger partial charge in [-0.1, -0.05) is 110 Å². The Labute approximate surface area is 254 Å². The zero-order valence-electron chi connectivity index (χ0n) is 26.3. The van der Waals surface area contributed by atoms with Crippen molar-refractivity contribution < 1.29 is 24.1 Å². The van der Waals surface area contributed by atoms with Crippen LogP contribution in [-0.4, -0.2) is 24.3 Å². The minimum absolute atomic E-state index is 0.762. The predicted octanol–water partition coefficient (Wildman–Crippen LogP) is 10.2. The van der Waals surface area contributed by atoms with Gasteiger partial charge in [-0.2, -0.15) is 0 Å². The van der Waals surface area contributed by atoms with E-state index in [2.05, 4.69) is 44.7 Å². The molecule has 4 rings (SSSR count). The zero-order valence-corrected chi connectivity index (χ0v) is 26.3. The Hall–Kier alpha value is -2.95. The Kier molecular flexibility index (Phi) is 15.4. The van der Waals surface area contributed by atoms with Gasteiger partial charge in [-0.25, -0.2) is 4.79 Å². The van der Waals surface area contributed by atoms with Crippen molar-refractivity contribution in [3.63, 3.8) is 0 Å². The number of hydrogen-bond acceptors (Lipinski definition) is 4. The second-order valence-electron chi connectivity index (χ2n) is 11.6. The molecule has 2 aromatic carbocycles. The Morgan fingerprint density at radius 3 is 1.48 bits per heavy atom. The predicted molar refractivity (Wildman–Crippen MR) is 173 cm³/mol. The quantitative estimate of drug-likeness (QED) is 0.133. The van der Waals surface area contributed by atoms with Crippen LogP contribution in [0.5, 0.6) is 23.0 Å². The highest BCUT2D eigenvalue weighted by molar-refractivity contribution is 5.78. The highest BCUT2D eigenvalue weighted by Crippen LogP contribution is 2.43. The molecule has 232 valence electrons. The van der Waals surface area contributed by atoms with Crippen LogP contribution in [0.25, 0.3) is 0 Å². The molecular weight excluding hydrogens is 524 g/mol. The van der Waals surface area contributed by atoms with Crippen molar-refractivity contribution in [3.05, 3.63) is 59.2 Å². The second kappa shape index (κ2) is 19.3. The third-order valence-electron chi connectivity index (χ3n) is 8.29. The van der Waals surface area contributed by atoms with Gasteiger partial charge in [0.1, 0.15) is 23.0 Å². The summed E-state index contributed by atoms with van der Waals surface area (Å²) in [4.78, 5) is 9.25. The zero-order chi connectivity index (χ0) is 30.0. The lowest BCUT2D eigenvalue weighted by molar-refractivity contribution is -0.131. The number of ether oxygens (including phenoxy) is 3. The van der Waals surface area contributed by atoms with Crippen molar-refractivity contribution in [1.29, 1.82) is 0 Å². The number of fused-ring (bicyclic) bond motifs is 2. The molecular formula is C37H54O5. The second-order valence-corrected chi connectivity index (χ2v) is 11.6. The lowest BCUT2D eigenvalue weighted by Crippen LogP contribution is -1.97. The van der Waals surface area contributed by atoms with Gasteiger partial charge in [-0.15, -0.1) is 0 Å². The van der Waals surface area contributed by atoms with E-state index >= 15 is 0 Å². The maximum Gasteiger partial charge on any atom is 0.327 e. The molecule has 0 aliphatic carbocycles. The van der Waals surface area contributed by atoms with Gasteiger partial charge >= 0.3 is 5.97 Å². The van der Waals surface area contributed by atoms with Gasteiger partial charge in [-0.05, 0) is 48.9 Å². The van der Waals surface area contributed by atoms with E-state index in [9.17, 15) is 4.79 Å².